The van der Waals surface area contributed by atoms with Gasteiger partial charge in [0.15, 0.2) is 0 Å². The molecule has 0 aliphatic heterocycles. The zero-order valence-corrected chi connectivity index (χ0v) is 18.8. The van der Waals surface area contributed by atoms with Gasteiger partial charge in [0.2, 0.25) is 5.95 Å². The second-order valence-corrected chi connectivity index (χ2v) is 7.91. The molecule has 10 nitrogen and oxygen atoms in total. The van der Waals surface area contributed by atoms with Crippen molar-refractivity contribution in [2.45, 2.75) is 13.3 Å². The minimum absolute atomic E-state index is 0.144. The van der Waals surface area contributed by atoms with Crippen LogP contribution in [0.4, 0.5) is 17.5 Å². The van der Waals surface area contributed by atoms with Gasteiger partial charge in [0.1, 0.15) is 11.5 Å². The van der Waals surface area contributed by atoms with Crippen LogP contribution in [0.2, 0.25) is 0 Å². The lowest BCUT2D eigenvalue weighted by molar-refractivity contribution is 0.768. The molecule has 0 aliphatic rings. The molecule has 0 bridgehead atoms. The van der Waals surface area contributed by atoms with Crippen molar-refractivity contribution in [1.29, 1.82) is 5.26 Å². The van der Waals surface area contributed by atoms with Gasteiger partial charge in [-0.1, -0.05) is 0 Å². The van der Waals surface area contributed by atoms with Crippen LogP contribution in [0.1, 0.15) is 12.1 Å². The van der Waals surface area contributed by atoms with E-state index in [1.165, 1.54) is 0 Å². The molecule has 0 aliphatic carbocycles. The first-order valence-electron chi connectivity index (χ1n) is 10.7. The lowest BCUT2D eigenvalue weighted by atomic mass is 10.1. The maximum absolute atomic E-state index is 9.20. The number of nitrogens with zero attached hydrogens (tertiary/aromatic N) is 8. The molecule has 34 heavy (non-hydrogen) atoms. The highest BCUT2D eigenvalue weighted by atomic mass is 15.2. The van der Waals surface area contributed by atoms with Gasteiger partial charge in [0.25, 0.3) is 0 Å². The monoisotopic (exact) mass is 450 g/mol. The molecule has 0 fully saturated rings. The predicted molar refractivity (Wildman–Crippen MR) is 130 cm³/mol. The van der Waals surface area contributed by atoms with E-state index in [0.29, 0.717) is 24.5 Å². The number of aromatic nitrogens is 7. The summed E-state index contributed by atoms with van der Waals surface area (Å²) in [6, 6.07) is 9.98. The van der Waals surface area contributed by atoms with E-state index in [0.717, 1.165) is 39.1 Å². The standard InChI is InChI=1S/C24H22N10/c1-15-8-18(4-6-27-15)34(7-3-5-25)22-10-21(31-24(26)32-22)20-13-29-23-19(20)9-16(11-28-23)17-12-30-33(2)14-17/h4,6,8-14H,3,7H2,1-2H3,(H,28,29)(H2,26,31,32). The van der Waals surface area contributed by atoms with Gasteiger partial charge < -0.3 is 15.6 Å². The van der Waals surface area contributed by atoms with Crippen LogP contribution in [0.3, 0.4) is 0 Å². The Balaban J connectivity index is 1.61. The Hall–Kier alpha value is -4.78. The van der Waals surface area contributed by atoms with E-state index in [1.807, 2.05) is 55.7 Å². The molecule has 0 spiro atoms. The van der Waals surface area contributed by atoms with Gasteiger partial charge in [0, 0.05) is 77.9 Å². The number of H-pyrrole nitrogens is 1. The minimum atomic E-state index is 0.144. The molecule has 0 atom stereocenters. The summed E-state index contributed by atoms with van der Waals surface area (Å²) in [5.41, 5.74) is 12.1. The number of nitrogens with one attached hydrogen (secondary N) is 1. The number of nitrogen functional groups attached to an aromatic ring is 1. The van der Waals surface area contributed by atoms with Crippen molar-refractivity contribution in [2.24, 2.45) is 7.05 Å². The summed E-state index contributed by atoms with van der Waals surface area (Å²) in [6.45, 7) is 2.38. The van der Waals surface area contributed by atoms with Gasteiger partial charge in [-0.25, -0.2) is 9.97 Å². The summed E-state index contributed by atoms with van der Waals surface area (Å²) >= 11 is 0. The molecular weight excluding hydrogens is 428 g/mol. The lowest BCUT2D eigenvalue weighted by Gasteiger charge is -2.23. The molecule has 5 aromatic heterocycles. The first-order valence-corrected chi connectivity index (χ1v) is 10.7. The van der Waals surface area contributed by atoms with E-state index in [4.69, 9.17) is 5.73 Å². The number of nitriles is 1. The number of rotatable bonds is 6. The van der Waals surface area contributed by atoms with E-state index >= 15 is 0 Å². The predicted octanol–water partition coefficient (Wildman–Crippen LogP) is 3.76. The Morgan fingerprint density at radius 1 is 1.15 bits per heavy atom. The van der Waals surface area contributed by atoms with E-state index < -0.39 is 0 Å². The molecule has 10 heteroatoms. The van der Waals surface area contributed by atoms with Crippen molar-refractivity contribution in [3.63, 3.8) is 0 Å². The fourth-order valence-corrected chi connectivity index (χ4v) is 3.91. The highest BCUT2D eigenvalue weighted by molar-refractivity contribution is 5.95. The second kappa shape index (κ2) is 8.63. The number of hydrogen-bond acceptors (Lipinski definition) is 8. The van der Waals surface area contributed by atoms with Gasteiger partial charge in [-0.2, -0.15) is 15.3 Å². The smallest absolute Gasteiger partial charge is 0.222 e. The van der Waals surface area contributed by atoms with Crippen LogP contribution in [0.25, 0.3) is 33.4 Å². The number of fused-ring (bicyclic) bond motifs is 1. The van der Waals surface area contributed by atoms with Crippen molar-refractivity contribution < 1.29 is 0 Å². The fourth-order valence-electron chi connectivity index (χ4n) is 3.91. The Morgan fingerprint density at radius 2 is 2.03 bits per heavy atom. The van der Waals surface area contributed by atoms with Crippen LogP contribution in [0, 0.1) is 18.3 Å². The Morgan fingerprint density at radius 3 is 2.79 bits per heavy atom. The normalized spacial score (nSPS) is 11.0. The number of hydrogen-bond donors (Lipinski definition) is 2. The number of nitrogens with two attached hydrogens (primary N) is 1. The molecular formula is C24H22N10. The number of anilines is 3. The van der Waals surface area contributed by atoms with Crippen molar-refractivity contribution in [3.05, 3.63) is 60.9 Å². The van der Waals surface area contributed by atoms with Gasteiger partial charge in [-0.3, -0.25) is 9.67 Å². The molecule has 3 N–H and O–H groups in total. The summed E-state index contributed by atoms with van der Waals surface area (Å²) in [4.78, 5) is 23.0. The van der Waals surface area contributed by atoms with Gasteiger partial charge >= 0.3 is 0 Å². The molecule has 168 valence electrons. The average Bonchev–Trinajstić information content (AvgIpc) is 3.45. The van der Waals surface area contributed by atoms with Crippen LogP contribution >= 0.6 is 0 Å². The SMILES string of the molecule is Cc1cc(N(CCC#N)c2cc(-c3c[nH]c4ncc(-c5cnn(C)c5)cc34)nc(N)n2)ccn1. The third-order valence-corrected chi connectivity index (χ3v) is 5.49. The summed E-state index contributed by atoms with van der Waals surface area (Å²) < 4.78 is 1.76. The molecule has 0 aromatic carbocycles. The Bertz CT molecular complexity index is 1520. The first kappa shape index (κ1) is 21.1. The van der Waals surface area contributed by atoms with E-state index in [-0.39, 0.29) is 5.95 Å². The molecule has 5 aromatic rings. The fraction of sp³-hybridized carbons (Fsp3) is 0.167. The lowest BCUT2D eigenvalue weighted by Crippen LogP contribution is -2.20. The largest absolute Gasteiger partial charge is 0.368 e. The number of aromatic amines is 1. The van der Waals surface area contributed by atoms with Gasteiger partial charge in [-0.05, 0) is 25.1 Å². The summed E-state index contributed by atoms with van der Waals surface area (Å²) in [6.07, 6.45) is 9.49. The minimum Gasteiger partial charge on any atom is -0.368 e. The van der Waals surface area contributed by atoms with Crippen molar-refractivity contribution in [3.8, 4) is 28.5 Å². The number of pyridine rings is 2. The van der Waals surface area contributed by atoms with Crippen LogP contribution < -0.4 is 10.6 Å². The average molecular weight is 451 g/mol. The Labute approximate surface area is 195 Å². The van der Waals surface area contributed by atoms with Crippen LogP contribution in [-0.2, 0) is 7.05 Å². The van der Waals surface area contributed by atoms with E-state index in [2.05, 4.69) is 42.2 Å². The maximum atomic E-state index is 9.20. The maximum Gasteiger partial charge on any atom is 0.222 e. The summed E-state index contributed by atoms with van der Waals surface area (Å²) in [5, 5.41) is 14.4. The third-order valence-electron chi connectivity index (χ3n) is 5.49. The van der Waals surface area contributed by atoms with Gasteiger partial charge in [-0.15, -0.1) is 0 Å². The van der Waals surface area contributed by atoms with Crippen LogP contribution in [-0.4, -0.2) is 41.2 Å². The zero-order chi connectivity index (χ0) is 23.7. The third kappa shape index (κ3) is 4.02. The van der Waals surface area contributed by atoms with E-state index in [9.17, 15) is 5.26 Å². The molecule has 0 unspecified atom stereocenters. The molecule has 0 amide bonds. The molecule has 0 saturated carbocycles. The summed E-state index contributed by atoms with van der Waals surface area (Å²) in [7, 11) is 1.88. The van der Waals surface area contributed by atoms with Crippen molar-refractivity contribution in [1.82, 2.24) is 34.7 Å². The molecule has 0 radical (unpaired) electrons. The first-order chi connectivity index (χ1) is 16.5. The Kier molecular flexibility index (Phi) is 5.35. The van der Waals surface area contributed by atoms with E-state index in [1.54, 1.807) is 17.1 Å². The van der Waals surface area contributed by atoms with Crippen molar-refractivity contribution in [2.75, 3.05) is 17.2 Å². The van der Waals surface area contributed by atoms with Gasteiger partial charge in [0.05, 0.1) is 24.4 Å². The zero-order valence-electron chi connectivity index (χ0n) is 18.8. The highest BCUT2D eigenvalue weighted by Gasteiger charge is 2.17. The topological polar surface area (TPSA) is 138 Å². The molecule has 0 saturated heterocycles. The quantitative estimate of drug-likeness (QED) is 0.399. The molecule has 5 heterocycles. The summed E-state index contributed by atoms with van der Waals surface area (Å²) in [5.74, 6) is 0.750. The molecule has 5 rings (SSSR count). The highest BCUT2D eigenvalue weighted by Crippen LogP contribution is 2.33. The van der Waals surface area contributed by atoms with Crippen molar-refractivity contribution >= 4 is 28.5 Å². The van der Waals surface area contributed by atoms with Crippen LogP contribution in [0.15, 0.2) is 55.2 Å². The van der Waals surface area contributed by atoms with Crippen LogP contribution in [0.5, 0.6) is 0 Å². The number of aryl methyl sites for hydroxylation is 2. The second-order valence-electron chi connectivity index (χ2n) is 7.91.